The molecule has 6 nitrogen and oxygen atoms in total. The van der Waals surface area contributed by atoms with Crippen LogP contribution in [0.15, 0.2) is 30.5 Å². The number of benzene rings is 1. The number of carbonyl (C=O) groups is 1. The number of H-pyrrole nitrogens is 1. The fourth-order valence-electron chi connectivity index (χ4n) is 1.81. The molecule has 5 N–H and O–H groups in total. The fraction of sp³-hybridized carbons (Fsp3) is 0.182. The Hall–Kier alpha value is -1.83. The summed E-state index contributed by atoms with van der Waals surface area (Å²) < 4.78 is 4.21. The molecule has 0 unspecified atom stereocenters. The van der Waals surface area contributed by atoms with Crippen molar-refractivity contribution in [2.45, 2.75) is 12.5 Å². The normalized spacial score (nSPS) is 12.4. The maximum absolute atomic E-state index is 11.3. The Kier molecular flexibility index (Phi) is 3.66. The van der Waals surface area contributed by atoms with Gasteiger partial charge in [0.1, 0.15) is 6.04 Å². The number of hydrogen-bond donors (Lipinski definition) is 4. The third-order valence-electron chi connectivity index (χ3n) is 2.64. The molecule has 0 fully saturated rings. The molecule has 0 amide bonds. The Bertz CT molecular complexity index is 555. The number of nitrogens with one attached hydrogen (secondary N) is 1. The highest BCUT2D eigenvalue weighted by molar-refractivity contribution is 6.35. The molecule has 94 valence electrons. The summed E-state index contributed by atoms with van der Waals surface area (Å²) in [6, 6.07) is 6.69. The van der Waals surface area contributed by atoms with E-state index in [9.17, 15) is 4.79 Å². The minimum atomic E-state index is -2.13. The number of rotatable bonds is 4. The van der Waals surface area contributed by atoms with Crippen LogP contribution in [0.5, 0.6) is 0 Å². The van der Waals surface area contributed by atoms with Crippen molar-refractivity contribution >= 4 is 24.2 Å². The molecule has 0 bridgehead atoms. The van der Waals surface area contributed by atoms with Crippen LogP contribution in [0.2, 0.25) is 0 Å². The highest BCUT2D eigenvalue weighted by atomic mass is 16.6. The molecule has 0 spiro atoms. The van der Waals surface area contributed by atoms with Crippen molar-refractivity contribution in [1.82, 2.24) is 4.98 Å². The standard InChI is InChI=1S/C11H13BN2O4/c13-9(11(15)18-12(16)17)5-7-6-14-10-4-2-1-3-8(7)10/h1-4,6,9,14,16-17H,5,13H2/t9-/m0/s1. The Morgan fingerprint density at radius 3 is 2.89 bits per heavy atom. The van der Waals surface area contributed by atoms with E-state index in [1.807, 2.05) is 24.3 Å². The van der Waals surface area contributed by atoms with Gasteiger partial charge in [0.25, 0.3) is 0 Å². The van der Waals surface area contributed by atoms with Gasteiger partial charge in [0.15, 0.2) is 0 Å². The number of para-hydroxylation sites is 1. The van der Waals surface area contributed by atoms with Gasteiger partial charge in [0.05, 0.1) is 0 Å². The van der Waals surface area contributed by atoms with Crippen molar-refractivity contribution < 1.29 is 19.5 Å². The number of hydrogen-bond acceptors (Lipinski definition) is 5. The first-order valence-corrected chi connectivity index (χ1v) is 5.45. The molecular weight excluding hydrogens is 235 g/mol. The molecule has 18 heavy (non-hydrogen) atoms. The minimum absolute atomic E-state index is 0.259. The van der Waals surface area contributed by atoms with E-state index in [1.165, 1.54) is 0 Å². The Morgan fingerprint density at radius 1 is 1.44 bits per heavy atom. The van der Waals surface area contributed by atoms with Gasteiger partial charge in [-0.25, -0.2) is 0 Å². The van der Waals surface area contributed by atoms with Crippen molar-refractivity contribution in [3.8, 4) is 0 Å². The Balaban J connectivity index is 2.11. The second kappa shape index (κ2) is 5.22. The third-order valence-corrected chi connectivity index (χ3v) is 2.64. The second-order valence-electron chi connectivity index (χ2n) is 3.93. The van der Waals surface area contributed by atoms with Gasteiger partial charge in [0.2, 0.25) is 0 Å². The number of aromatic nitrogens is 1. The molecule has 0 aliphatic heterocycles. The first-order chi connectivity index (χ1) is 8.58. The highest BCUT2D eigenvalue weighted by Gasteiger charge is 2.23. The zero-order valence-electron chi connectivity index (χ0n) is 9.54. The van der Waals surface area contributed by atoms with Crippen molar-refractivity contribution in [1.29, 1.82) is 0 Å². The lowest BCUT2D eigenvalue weighted by atomic mass is 10.1. The largest absolute Gasteiger partial charge is 0.709 e. The molecule has 7 heteroatoms. The van der Waals surface area contributed by atoms with E-state index >= 15 is 0 Å². The average molecular weight is 248 g/mol. The van der Waals surface area contributed by atoms with Crippen LogP contribution in [-0.4, -0.2) is 34.4 Å². The van der Waals surface area contributed by atoms with Crippen LogP contribution in [0.3, 0.4) is 0 Å². The first-order valence-electron chi connectivity index (χ1n) is 5.45. The van der Waals surface area contributed by atoms with E-state index in [4.69, 9.17) is 15.8 Å². The molecule has 0 radical (unpaired) electrons. The number of aromatic amines is 1. The van der Waals surface area contributed by atoms with Crippen molar-refractivity contribution in [2.75, 3.05) is 0 Å². The Morgan fingerprint density at radius 2 is 2.17 bits per heavy atom. The monoisotopic (exact) mass is 248 g/mol. The second-order valence-corrected chi connectivity index (χ2v) is 3.93. The third kappa shape index (κ3) is 2.70. The van der Waals surface area contributed by atoms with Gasteiger partial charge in [0, 0.05) is 23.5 Å². The van der Waals surface area contributed by atoms with Crippen molar-refractivity contribution in [3.05, 3.63) is 36.0 Å². The summed E-state index contributed by atoms with van der Waals surface area (Å²) in [5.41, 5.74) is 7.47. The predicted octanol–water partition coefficient (Wildman–Crippen LogP) is -0.450. The minimum Gasteiger partial charge on any atom is -0.484 e. The first kappa shape index (κ1) is 12.6. The topological polar surface area (TPSA) is 109 Å². The summed E-state index contributed by atoms with van der Waals surface area (Å²) in [7, 11) is -2.13. The molecule has 2 aromatic rings. The van der Waals surface area contributed by atoms with E-state index in [-0.39, 0.29) is 6.42 Å². The number of nitrogens with two attached hydrogens (primary N) is 1. The van der Waals surface area contributed by atoms with Crippen LogP contribution >= 0.6 is 0 Å². The molecule has 2 rings (SSSR count). The summed E-state index contributed by atoms with van der Waals surface area (Å²) in [6.07, 6.45) is 2.03. The lowest BCUT2D eigenvalue weighted by Crippen LogP contribution is -2.38. The van der Waals surface area contributed by atoms with Gasteiger partial charge >= 0.3 is 13.3 Å². The van der Waals surface area contributed by atoms with Crippen LogP contribution in [0.1, 0.15) is 5.56 Å². The van der Waals surface area contributed by atoms with E-state index in [1.54, 1.807) is 6.20 Å². The van der Waals surface area contributed by atoms with Crippen LogP contribution in [0.25, 0.3) is 10.9 Å². The van der Waals surface area contributed by atoms with Crippen LogP contribution in [0, 0.1) is 0 Å². The highest BCUT2D eigenvalue weighted by Crippen LogP contribution is 2.18. The fourth-order valence-corrected chi connectivity index (χ4v) is 1.81. The molecule has 0 saturated heterocycles. The quantitative estimate of drug-likeness (QED) is 0.548. The molecule has 0 aliphatic carbocycles. The smallest absolute Gasteiger partial charge is 0.484 e. The van der Waals surface area contributed by atoms with Gasteiger partial charge in [-0.15, -0.1) is 0 Å². The van der Waals surface area contributed by atoms with E-state index in [0.717, 1.165) is 16.5 Å². The molecule has 1 atom stereocenters. The van der Waals surface area contributed by atoms with Crippen LogP contribution in [0.4, 0.5) is 0 Å². The molecule has 1 aromatic heterocycles. The summed E-state index contributed by atoms with van der Waals surface area (Å²) in [5.74, 6) is -0.852. The zero-order valence-corrected chi connectivity index (χ0v) is 9.54. The van der Waals surface area contributed by atoms with Gasteiger partial charge in [-0.2, -0.15) is 0 Å². The summed E-state index contributed by atoms with van der Waals surface area (Å²) >= 11 is 0. The van der Waals surface area contributed by atoms with Crippen LogP contribution < -0.4 is 5.73 Å². The van der Waals surface area contributed by atoms with Crippen LogP contribution in [-0.2, 0) is 15.9 Å². The lowest BCUT2D eigenvalue weighted by molar-refractivity contribution is -0.138. The maximum atomic E-state index is 11.3. The molecular formula is C11H13BN2O4. The number of carbonyl (C=O) groups excluding carboxylic acids is 1. The lowest BCUT2D eigenvalue weighted by Gasteiger charge is -2.10. The molecule has 0 saturated carbocycles. The maximum Gasteiger partial charge on any atom is 0.709 e. The SMILES string of the molecule is N[C@@H](Cc1c[nH]c2ccccc12)C(=O)OB(O)O. The summed E-state index contributed by atoms with van der Waals surface area (Å²) in [4.78, 5) is 14.4. The molecule has 1 aromatic carbocycles. The van der Waals surface area contributed by atoms with E-state index in [0.29, 0.717) is 0 Å². The Labute approximate surface area is 104 Å². The van der Waals surface area contributed by atoms with Crippen molar-refractivity contribution in [2.24, 2.45) is 5.73 Å². The van der Waals surface area contributed by atoms with E-state index < -0.39 is 19.3 Å². The number of fused-ring (bicyclic) bond motifs is 1. The molecule has 0 aliphatic rings. The summed E-state index contributed by atoms with van der Waals surface area (Å²) in [6.45, 7) is 0. The zero-order chi connectivity index (χ0) is 13.1. The van der Waals surface area contributed by atoms with Gasteiger partial charge < -0.3 is 25.4 Å². The van der Waals surface area contributed by atoms with Gasteiger partial charge in [-0.05, 0) is 11.6 Å². The summed E-state index contributed by atoms with van der Waals surface area (Å²) in [5, 5.41) is 18.0. The van der Waals surface area contributed by atoms with Gasteiger partial charge in [-0.1, -0.05) is 18.2 Å². The molecule has 1 heterocycles. The average Bonchev–Trinajstić information content (AvgIpc) is 2.72. The van der Waals surface area contributed by atoms with Crippen molar-refractivity contribution in [3.63, 3.8) is 0 Å². The van der Waals surface area contributed by atoms with Gasteiger partial charge in [-0.3, -0.25) is 4.79 Å². The predicted molar refractivity (Wildman–Crippen MR) is 66.3 cm³/mol. The van der Waals surface area contributed by atoms with E-state index in [2.05, 4.69) is 9.64 Å².